The van der Waals surface area contributed by atoms with E-state index in [0.717, 1.165) is 5.56 Å². The van der Waals surface area contributed by atoms with Gasteiger partial charge in [-0.05, 0) is 35.9 Å². The van der Waals surface area contributed by atoms with Gasteiger partial charge in [0.05, 0.1) is 11.6 Å². The molecule has 0 aliphatic rings. The lowest BCUT2D eigenvalue weighted by molar-refractivity contribution is 0.604. The van der Waals surface area contributed by atoms with E-state index in [4.69, 9.17) is 16.9 Å². The van der Waals surface area contributed by atoms with Gasteiger partial charge < -0.3 is 10.6 Å². The number of nitrogens with one attached hydrogen (secondary N) is 2. The molecule has 6 heteroatoms. The number of nitriles is 1. The summed E-state index contributed by atoms with van der Waals surface area (Å²) in [5.74, 6) is 0.175. The van der Waals surface area contributed by atoms with Crippen LogP contribution in [-0.2, 0) is 13.1 Å². The second kappa shape index (κ2) is 8.16. The number of hydrogen-bond acceptors (Lipinski definition) is 2. The molecule has 0 spiro atoms. The first-order valence-corrected chi connectivity index (χ1v) is 7.37. The van der Waals surface area contributed by atoms with E-state index in [1.807, 2.05) is 30.3 Å². The predicted molar refractivity (Wildman–Crippen MR) is 89.6 cm³/mol. The van der Waals surface area contributed by atoms with Crippen LogP contribution in [0.5, 0.6) is 0 Å². The van der Waals surface area contributed by atoms with E-state index >= 15 is 0 Å². The van der Waals surface area contributed by atoms with Crippen LogP contribution in [-0.4, -0.2) is 13.0 Å². The predicted octanol–water partition coefficient (Wildman–Crippen LogP) is 3.22. The van der Waals surface area contributed by atoms with Crippen LogP contribution >= 0.6 is 11.6 Å². The fraction of sp³-hybridized carbons (Fsp3) is 0.176. The Labute approximate surface area is 139 Å². The minimum atomic E-state index is -0.359. The van der Waals surface area contributed by atoms with Crippen molar-refractivity contribution < 1.29 is 4.39 Å². The summed E-state index contributed by atoms with van der Waals surface area (Å²) < 4.78 is 13.7. The molecule has 118 valence electrons. The van der Waals surface area contributed by atoms with Crippen LogP contribution in [0.25, 0.3) is 0 Å². The van der Waals surface area contributed by atoms with Gasteiger partial charge in [0.15, 0.2) is 5.96 Å². The molecule has 0 radical (unpaired) electrons. The zero-order chi connectivity index (χ0) is 16.7. The summed E-state index contributed by atoms with van der Waals surface area (Å²) in [4.78, 5) is 4.09. The molecule has 0 bridgehead atoms. The van der Waals surface area contributed by atoms with Gasteiger partial charge in [-0.1, -0.05) is 23.7 Å². The maximum absolute atomic E-state index is 13.7. The maximum atomic E-state index is 13.7. The number of nitrogens with zero attached hydrogens (tertiary/aromatic N) is 2. The minimum absolute atomic E-state index is 0.233. The Morgan fingerprint density at radius 1 is 1.22 bits per heavy atom. The van der Waals surface area contributed by atoms with Crippen LogP contribution in [0.15, 0.2) is 47.5 Å². The summed E-state index contributed by atoms with van der Waals surface area (Å²) >= 11 is 5.94. The summed E-state index contributed by atoms with van der Waals surface area (Å²) in [7, 11) is 1.63. The first-order valence-electron chi connectivity index (χ1n) is 7.00. The highest BCUT2D eigenvalue weighted by Crippen LogP contribution is 2.11. The van der Waals surface area contributed by atoms with Gasteiger partial charge in [-0.15, -0.1) is 0 Å². The van der Waals surface area contributed by atoms with Gasteiger partial charge >= 0.3 is 0 Å². The van der Waals surface area contributed by atoms with Crippen LogP contribution in [0, 0.1) is 17.1 Å². The molecule has 2 rings (SSSR count). The molecule has 4 nitrogen and oxygen atoms in total. The SMILES string of the molecule is CN=C(NCc1cccc(Cl)c1)NCc1cc(C#N)ccc1F. The Hall–Kier alpha value is -2.58. The van der Waals surface area contributed by atoms with Gasteiger partial charge in [-0.3, -0.25) is 4.99 Å². The van der Waals surface area contributed by atoms with Gasteiger partial charge in [-0.25, -0.2) is 4.39 Å². The second-order valence-corrected chi connectivity index (χ2v) is 5.26. The highest BCUT2D eigenvalue weighted by Gasteiger charge is 2.05. The van der Waals surface area contributed by atoms with Gasteiger partial charge in [0.1, 0.15) is 5.82 Å². The van der Waals surface area contributed by atoms with E-state index in [9.17, 15) is 4.39 Å². The van der Waals surface area contributed by atoms with E-state index in [-0.39, 0.29) is 12.4 Å². The van der Waals surface area contributed by atoms with E-state index < -0.39 is 0 Å². The normalized spacial score (nSPS) is 11.0. The molecule has 0 saturated heterocycles. The highest BCUT2D eigenvalue weighted by molar-refractivity contribution is 6.30. The number of benzene rings is 2. The molecule has 0 amide bonds. The maximum Gasteiger partial charge on any atom is 0.191 e. The molecule has 0 aliphatic carbocycles. The van der Waals surface area contributed by atoms with Crippen molar-refractivity contribution in [1.82, 2.24) is 10.6 Å². The first-order chi connectivity index (χ1) is 11.1. The Bertz CT molecular complexity index is 752. The van der Waals surface area contributed by atoms with Crippen LogP contribution < -0.4 is 10.6 Å². The zero-order valence-electron chi connectivity index (χ0n) is 12.6. The minimum Gasteiger partial charge on any atom is -0.352 e. The Kier molecular flexibility index (Phi) is 5.95. The Morgan fingerprint density at radius 3 is 2.70 bits per heavy atom. The number of aliphatic imine (C=N–C) groups is 1. The van der Waals surface area contributed by atoms with Gasteiger partial charge in [0.25, 0.3) is 0 Å². The van der Waals surface area contributed by atoms with Crippen LogP contribution in [0.1, 0.15) is 16.7 Å². The van der Waals surface area contributed by atoms with Crippen molar-refractivity contribution >= 4 is 17.6 Å². The third-order valence-corrected chi connectivity index (χ3v) is 3.43. The molecule has 0 saturated carbocycles. The molecule has 0 aromatic heterocycles. The number of rotatable bonds is 4. The lowest BCUT2D eigenvalue weighted by atomic mass is 10.1. The van der Waals surface area contributed by atoms with Gasteiger partial charge in [0.2, 0.25) is 0 Å². The molecule has 2 aromatic rings. The van der Waals surface area contributed by atoms with Gasteiger partial charge in [-0.2, -0.15) is 5.26 Å². The summed E-state index contributed by atoms with van der Waals surface area (Å²) in [6.07, 6.45) is 0. The Morgan fingerprint density at radius 2 is 2.00 bits per heavy atom. The number of hydrogen-bond donors (Lipinski definition) is 2. The molecule has 0 heterocycles. The van der Waals surface area contributed by atoms with E-state index in [1.165, 1.54) is 18.2 Å². The van der Waals surface area contributed by atoms with Crippen molar-refractivity contribution in [3.63, 3.8) is 0 Å². The summed E-state index contributed by atoms with van der Waals surface area (Å²) in [5.41, 5.74) is 1.85. The second-order valence-electron chi connectivity index (χ2n) is 4.83. The molecule has 0 unspecified atom stereocenters. The van der Waals surface area contributed by atoms with E-state index in [2.05, 4.69) is 15.6 Å². The summed E-state index contributed by atoms with van der Waals surface area (Å²) in [6.45, 7) is 0.775. The van der Waals surface area contributed by atoms with E-state index in [0.29, 0.717) is 28.7 Å². The monoisotopic (exact) mass is 330 g/mol. The summed E-state index contributed by atoms with van der Waals surface area (Å²) in [6, 6.07) is 13.7. The third kappa shape index (κ3) is 4.97. The standard InChI is InChI=1S/C17H16ClFN4/c1-21-17(22-10-13-3-2-4-15(18)8-13)23-11-14-7-12(9-20)5-6-16(14)19/h2-8H,10-11H2,1H3,(H2,21,22,23). The van der Waals surface area contributed by atoms with Crippen molar-refractivity contribution in [3.8, 4) is 6.07 Å². The highest BCUT2D eigenvalue weighted by atomic mass is 35.5. The van der Waals surface area contributed by atoms with Crippen LogP contribution in [0.2, 0.25) is 5.02 Å². The first kappa shape index (κ1) is 16.8. The van der Waals surface area contributed by atoms with Crippen molar-refractivity contribution in [2.75, 3.05) is 7.05 Å². The Balaban J connectivity index is 1.94. The average molecular weight is 331 g/mol. The van der Waals surface area contributed by atoms with Crippen LogP contribution in [0.3, 0.4) is 0 Å². The van der Waals surface area contributed by atoms with Crippen molar-refractivity contribution in [2.24, 2.45) is 4.99 Å². The molecular formula is C17H16ClFN4. The largest absolute Gasteiger partial charge is 0.352 e. The fourth-order valence-electron chi connectivity index (χ4n) is 2.01. The molecular weight excluding hydrogens is 315 g/mol. The quantitative estimate of drug-likeness (QED) is 0.668. The molecule has 2 N–H and O–H groups in total. The molecule has 0 atom stereocenters. The number of guanidine groups is 1. The lowest BCUT2D eigenvalue weighted by Crippen LogP contribution is -2.36. The van der Waals surface area contributed by atoms with E-state index in [1.54, 1.807) is 7.05 Å². The summed E-state index contributed by atoms with van der Waals surface area (Å²) in [5, 5.41) is 15.7. The molecule has 0 aliphatic heterocycles. The van der Waals surface area contributed by atoms with Crippen molar-refractivity contribution in [2.45, 2.75) is 13.1 Å². The lowest BCUT2D eigenvalue weighted by Gasteiger charge is -2.12. The van der Waals surface area contributed by atoms with Crippen LogP contribution in [0.4, 0.5) is 4.39 Å². The van der Waals surface area contributed by atoms with Crippen molar-refractivity contribution in [1.29, 1.82) is 5.26 Å². The van der Waals surface area contributed by atoms with Crippen molar-refractivity contribution in [3.05, 3.63) is 70.0 Å². The fourth-order valence-corrected chi connectivity index (χ4v) is 2.22. The molecule has 23 heavy (non-hydrogen) atoms. The molecule has 0 fully saturated rings. The topological polar surface area (TPSA) is 60.2 Å². The average Bonchev–Trinajstić information content (AvgIpc) is 2.56. The smallest absolute Gasteiger partial charge is 0.191 e. The molecule has 2 aromatic carbocycles. The number of halogens is 2. The van der Waals surface area contributed by atoms with Gasteiger partial charge in [0, 0.05) is 30.7 Å². The zero-order valence-corrected chi connectivity index (χ0v) is 13.4. The third-order valence-electron chi connectivity index (χ3n) is 3.19.